The summed E-state index contributed by atoms with van der Waals surface area (Å²) in [6, 6.07) is 5.68. The van der Waals surface area contributed by atoms with Crippen molar-refractivity contribution in [2.24, 2.45) is 0 Å². The minimum atomic E-state index is -3.11. The van der Waals surface area contributed by atoms with Crippen LogP contribution in [0.3, 0.4) is 0 Å². The number of fused-ring (bicyclic) bond motifs is 1. The Morgan fingerprint density at radius 2 is 2.06 bits per heavy atom. The van der Waals surface area contributed by atoms with E-state index in [-0.39, 0.29) is 12.2 Å². The third-order valence-corrected chi connectivity index (χ3v) is 3.46. The van der Waals surface area contributed by atoms with Crippen molar-refractivity contribution in [1.29, 1.82) is 0 Å². The molecule has 0 radical (unpaired) electrons. The zero-order chi connectivity index (χ0) is 12.2. The van der Waals surface area contributed by atoms with Crippen LogP contribution < -0.4 is 4.72 Å². The van der Waals surface area contributed by atoms with Gasteiger partial charge in [-0.25, -0.2) is 8.42 Å². The molecule has 0 aliphatic heterocycles. The molecule has 0 heterocycles. The smallest absolute Gasteiger partial charge is 0.290 e. The average molecular weight is 243 g/mol. The second kappa shape index (κ2) is 4.98. The van der Waals surface area contributed by atoms with Crippen LogP contribution in [0.2, 0.25) is 0 Å². The second-order valence-electron chi connectivity index (χ2n) is 3.29. The minimum absolute atomic E-state index is 0.187. The van der Waals surface area contributed by atoms with E-state index in [0.29, 0.717) is 6.42 Å². The molecular weight excluding hydrogens is 230 g/mol. The number of anilines is 1. The zero-order valence-corrected chi connectivity index (χ0v) is 9.62. The van der Waals surface area contributed by atoms with E-state index in [0.717, 1.165) is 16.8 Å². The third kappa shape index (κ3) is 3.23. The molecule has 16 heavy (non-hydrogen) atoms. The van der Waals surface area contributed by atoms with Crippen LogP contribution in [0.5, 0.6) is 0 Å². The van der Waals surface area contributed by atoms with Crippen molar-refractivity contribution in [2.45, 2.75) is 13.3 Å². The number of hydrogen-bond acceptors (Lipinski definition) is 3. The average Bonchev–Trinajstić information content (AvgIpc) is 2.85. The molecule has 0 spiro atoms. The van der Waals surface area contributed by atoms with Crippen molar-refractivity contribution in [3.63, 3.8) is 0 Å². The first-order valence-electron chi connectivity index (χ1n) is 4.77. The fourth-order valence-corrected chi connectivity index (χ4v) is 2.48. The van der Waals surface area contributed by atoms with Crippen LogP contribution in [-0.4, -0.2) is 25.7 Å². The molecule has 0 bridgehead atoms. The molecule has 0 saturated carbocycles. The van der Waals surface area contributed by atoms with Gasteiger partial charge in [-0.15, -0.1) is 0 Å². The van der Waals surface area contributed by atoms with Gasteiger partial charge in [-0.1, -0.05) is 13.0 Å². The monoisotopic (exact) mass is 243 g/mol. The predicted octanol–water partition coefficient (Wildman–Crippen LogP) is 1.52. The van der Waals surface area contributed by atoms with Crippen LogP contribution in [0.15, 0.2) is 18.2 Å². The van der Waals surface area contributed by atoms with Gasteiger partial charge in [-0.2, -0.15) is 0 Å². The molecule has 0 fully saturated rings. The maximum atomic E-state index is 11.3. The molecule has 0 unspecified atom stereocenters. The summed E-state index contributed by atoms with van der Waals surface area (Å²) in [7, 11) is -3.11. The Morgan fingerprint density at radius 1 is 1.44 bits per heavy atom. The molecule has 2 N–H and O–H groups in total. The first kappa shape index (κ1) is 12.5. The minimum Gasteiger partial charge on any atom is -0.483 e. The van der Waals surface area contributed by atoms with Crippen molar-refractivity contribution in [3.05, 3.63) is 18.2 Å². The van der Waals surface area contributed by atoms with E-state index in [1.807, 2.05) is 19.1 Å². The van der Waals surface area contributed by atoms with Gasteiger partial charge >= 0.3 is 0 Å². The van der Waals surface area contributed by atoms with E-state index < -0.39 is 10.0 Å². The number of carboxylic acid groups (broad SMARTS) is 1. The Kier molecular flexibility index (Phi) is 3.89. The fraction of sp³-hybridized carbons (Fsp3) is 0.300. The van der Waals surface area contributed by atoms with Crippen LogP contribution in [0, 0.1) is 0 Å². The first-order valence-corrected chi connectivity index (χ1v) is 6.42. The largest absolute Gasteiger partial charge is 0.483 e. The Bertz CT molecular complexity index is 482. The molecule has 2 rings (SSSR count). The number of rotatable bonds is 4. The van der Waals surface area contributed by atoms with Crippen molar-refractivity contribution in [2.75, 3.05) is 10.5 Å². The summed E-state index contributed by atoms with van der Waals surface area (Å²) >= 11 is 0. The van der Waals surface area contributed by atoms with Crippen molar-refractivity contribution < 1.29 is 18.3 Å². The zero-order valence-electron chi connectivity index (χ0n) is 8.80. The van der Waals surface area contributed by atoms with Crippen LogP contribution >= 0.6 is 0 Å². The number of hydrogen-bond donors (Lipinski definition) is 2. The normalized spacial score (nSPS) is 11.1. The highest BCUT2D eigenvalue weighted by atomic mass is 32.2. The van der Waals surface area contributed by atoms with E-state index in [1.165, 1.54) is 0 Å². The van der Waals surface area contributed by atoms with E-state index in [2.05, 4.69) is 4.72 Å². The first-order chi connectivity index (χ1) is 7.54. The highest BCUT2D eigenvalue weighted by molar-refractivity contribution is 7.92. The van der Waals surface area contributed by atoms with Crippen molar-refractivity contribution in [1.82, 2.24) is 0 Å². The summed E-state index contributed by atoms with van der Waals surface area (Å²) in [6.45, 7) is 1.60. The summed E-state index contributed by atoms with van der Waals surface area (Å²) in [4.78, 5) is 8.36. The van der Waals surface area contributed by atoms with E-state index in [1.54, 1.807) is 6.07 Å². The van der Waals surface area contributed by atoms with Crippen molar-refractivity contribution in [3.8, 4) is 11.1 Å². The molecule has 6 heteroatoms. The van der Waals surface area contributed by atoms with Gasteiger partial charge in [0.15, 0.2) is 0 Å². The molecule has 0 aromatic heterocycles. The Hall–Kier alpha value is -1.56. The number of sulfonamides is 1. The lowest BCUT2D eigenvalue weighted by Gasteiger charge is -2.04. The Morgan fingerprint density at radius 3 is 2.44 bits per heavy atom. The van der Waals surface area contributed by atoms with Gasteiger partial charge < -0.3 is 5.11 Å². The van der Waals surface area contributed by atoms with Gasteiger partial charge in [0, 0.05) is 5.56 Å². The van der Waals surface area contributed by atoms with Gasteiger partial charge in [0.25, 0.3) is 6.47 Å². The molecule has 0 saturated heterocycles. The van der Waals surface area contributed by atoms with Crippen LogP contribution in [-0.2, 0) is 14.8 Å². The summed E-state index contributed by atoms with van der Waals surface area (Å²) in [5.74, 6) is 0.187. The van der Waals surface area contributed by atoms with Gasteiger partial charge in [-0.05, 0) is 24.1 Å². The lowest BCUT2D eigenvalue weighted by atomic mass is 10.5. The highest BCUT2D eigenvalue weighted by Crippen LogP contribution is 2.42. The van der Waals surface area contributed by atoms with E-state index in [9.17, 15) is 8.42 Å². The molecule has 0 aromatic rings. The van der Waals surface area contributed by atoms with Gasteiger partial charge in [0.05, 0.1) is 11.4 Å². The molecule has 5 nitrogen and oxygen atoms in total. The predicted molar refractivity (Wildman–Crippen MR) is 61.8 cm³/mol. The molecule has 88 valence electrons. The topological polar surface area (TPSA) is 83.5 Å². The standard InChI is InChI=1S/C9H11NO2S.CH2O2/c1-2-5-13(11,12)10-9-4-3-7-6-8(7)9;2-1-3/h3-4,6,10H,2,5H2,1H3;1H,(H,2,3). The molecular formula is C10H13NO4S. The van der Waals surface area contributed by atoms with E-state index in [4.69, 9.17) is 9.90 Å². The molecule has 2 aliphatic carbocycles. The molecule has 2 aliphatic rings. The molecule has 0 atom stereocenters. The van der Waals surface area contributed by atoms with Gasteiger partial charge in [0.1, 0.15) is 0 Å². The maximum Gasteiger partial charge on any atom is 0.290 e. The molecule has 0 aromatic carbocycles. The summed E-state index contributed by atoms with van der Waals surface area (Å²) in [6.07, 6.45) is 0.641. The lowest BCUT2D eigenvalue weighted by Crippen LogP contribution is -2.15. The quantitative estimate of drug-likeness (QED) is 0.797. The lowest BCUT2D eigenvalue weighted by molar-refractivity contribution is -0.122. The third-order valence-electron chi connectivity index (χ3n) is 1.99. The number of benzene rings is 1. The SMILES string of the molecule is CCCS(=O)(=O)Nc1ccc2cc1-2.O=CO. The molecule has 0 amide bonds. The second-order valence-corrected chi connectivity index (χ2v) is 5.13. The maximum absolute atomic E-state index is 11.3. The summed E-state index contributed by atoms with van der Waals surface area (Å²) in [5.41, 5.74) is 2.91. The summed E-state index contributed by atoms with van der Waals surface area (Å²) in [5, 5.41) is 6.89. The number of nitrogens with one attached hydrogen (secondary N) is 1. The van der Waals surface area contributed by atoms with Crippen LogP contribution in [0.4, 0.5) is 5.69 Å². The Balaban J connectivity index is 0.000000386. The van der Waals surface area contributed by atoms with Gasteiger partial charge in [0.2, 0.25) is 10.0 Å². The Labute approximate surface area is 94.2 Å². The van der Waals surface area contributed by atoms with Gasteiger partial charge in [-0.3, -0.25) is 9.52 Å². The van der Waals surface area contributed by atoms with Crippen LogP contribution in [0.25, 0.3) is 11.1 Å². The number of carbonyl (C=O) groups is 1. The summed E-state index contributed by atoms with van der Waals surface area (Å²) < 4.78 is 25.3. The van der Waals surface area contributed by atoms with E-state index >= 15 is 0 Å². The fourth-order valence-electron chi connectivity index (χ4n) is 1.33. The highest BCUT2D eigenvalue weighted by Gasteiger charge is 2.20. The van der Waals surface area contributed by atoms with Crippen molar-refractivity contribution >= 4 is 22.2 Å². The van der Waals surface area contributed by atoms with Crippen LogP contribution in [0.1, 0.15) is 13.3 Å².